The third-order valence-electron chi connectivity index (χ3n) is 2.65. The van der Waals surface area contributed by atoms with Gasteiger partial charge in [0.1, 0.15) is 17.3 Å². The van der Waals surface area contributed by atoms with Crippen LogP contribution in [0.1, 0.15) is 19.0 Å². The molecule has 1 heterocycles. The zero-order valence-electron chi connectivity index (χ0n) is 11.2. The second-order valence-electron chi connectivity index (χ2n) is 4.34. The first kappa shape index (κ1) is 14.9. The number of halogens is 2. The molecule has 1 aromatic heterocycles. The number of nitrogens with zero attached hydrogens (tertiary/aromatic N) is 1. The fraction of sp³-hybridized carbons (Fsp3) is 0.267. The number of ether oxygens (including phenoxy) is 1. The van der Waals surface area contributed by atoms with Gasteiger partial charge >= 0.3 is 0 Å². The lowest BCUT2D eigenvalue weighted by Gasteiger charge is -2.08. The number of hydrogen-bond donors (Lipinski definition) is 1. The molecule has 0 saturated carbocycles. The van der Waals surface area contributed by atoms with Gasteiger partial charge in [0, 0.05) is 18.8 Å². The molecule has 0 aliphatic carbocycles. The van der Waals surface area contributed by atoms with Crippen LogP contribution >= 0.6 is 15.9 Å². The first-order valence-electron chi connectivity index (χ1n) is 6.47. The predicted molar refractivity (Wildman–Crippen MR) is 80.4 cm³/mol. The molecule has 0 saturated heterocycles. The number of nitrogens with one attached hydrogen (secondary N) is 1. The third-order valence-corrected chi connectivity index (χ3v) is 3.26. The minimum atomic E-state index is -0.309. The highest BCUT2D eigenvalue weighted by atomic mass is 79.9. The second-order valence-corrected chi connectivity index (χ2v) is 5.19. The number of aromatic nitrogens is 1. The van der Waals surface area contributed by atoms with E-state index in [9.17, 15) is 4.39 Å². The molecule has 106 valence electrons. The van der Waals surface area contributed by atoms with Crippen molar-refractivity contribution in [2.75, 3.05) is 6.54 Å². The molecule has 0 atom stereocenters. The monoisotopic (exact) mass is 338 g/mol. The maximum atomic E-state index is 13.2. The molecule has 2 aromatic rings. The zero-order chi connectivity index (χ0) is 14.4. The number of benzene rings is 1. The van der Waals surface area contributed by atoms with Crippen molar-refractivity contribution >= 4 is 15.9 Å². The summed E-state index contributed by atoms with van der Waals surface area (Å²) in [5.74, 6) is 0.959. The summed E-state index contributed by atoms with van der Waals surface area (Å²) in [4.78, 5) is 4.27. The Bertz CT molecular complexity index is 578. The summed E-state index contributed by atoms with van der Waals surface area (Å²) >= 11 is 3.14. The van der Waals surface area contributed by atoms with Gasteiger partial charge in [0.15, 0.2) is 0 Å². The molecule has 20 heavy (non-hydrogen) atoms. The standard InChI is InChI=1S/C15H16BrFN2O/c1-2-6-18-10-11-8-13(5-7-19-11)20-12-3-4-15(17)14(16)9-12/h3-5,7-9,18H,2,6,10H2,1H3. The van der Waals surface area contributed by atoms with Crippen molar-refractivity contribution in [1.82, 2.24) is 10.3 Å². The summed E-state index contributed by atoms with van der Waals surface area (Å²) in [7, 11) is 0. The van der Waals surface area contributed by atoms with Crippen molar-refractivity contribution in [1.29, 1.82) is 0 Å². The van der Waals surface area contributed by atoms with E-state index in [0.29, 0.717) is 22.5 Å². The lowest BCUT2D eigenvalue weighted by Crippen LogP contribution is -2.14. The molecule has 0 aliphatic rings. The maximum Gasteiger partial charge on any atom is 0.137 e. The highest BCUT2D eigenvalue weighted by Crippen LogP contribution is 2.26. The molecule has 0 fully saturated rings. The van der Waals surface area contributed by atoms with Crippen LogP contribution in [0, 0.1) is 5.82 Å². The normalized spacial score (nSPS) is 10.6. The summed E-state index contributed by atoms with van der Waals surface area (Å²) in [5, 5.41) is 3.28. The summed E-state index contributed by atoms with van der Waals surface area (Å²) in [6.07, 6.45) is 2.79. The Hall–Kier alpha value is -1.46. The smallest absolute Gasteiger partial charge is 0.137 e. The highest BCUT2D eigenvalue weighted by Gasteiger charge is 2.04. The lowest BCUT2D eigenvalue weighted by molar-refractivity contribution is 0.477. The van der Waals surface area contributed by atoms with Gasteiger partial charge in [-0.1, -0.05) is 6.92 Å². The van der Waals surface area contributed by atoms with E-state index in [1.165, 1.54) is 6.07 Å². The predicted octanol–water partition coefficient (Wildman–Crippen LogP) is 4.28. The summed E-state index contributed by atoms with van der Waals surface area (Å²) in [6.45, 7) is 3.78. The quantitative estimate of drug-likeness (QED) is 0.798. The van der Waals surface area contributed by atoms with Crippen LogP contribution in [0.5, 0.6) is 11.5 Å². The average molecular weight is 339 g/mol. The van der Waals surface area contributed by atoms with Gasteiger partial charge in [0.2, 0.25) is 0 Å². The van der Waals surface area contributed by atoms with Crippen LogP contribution in [-0.4, -0.2) is 11.5 Å². The average Bonchev–Trinajstić information content (AvgIpc) is 2.44. The number of rotatable bonds is 6. The van der Waals surface area contributed by atoms with E-state index in [1.807, 2.05) is 6.07 Å². The largest absolute Gasteiger partial charge is 0.457 e. The third kappa shape index (κ3) is 4.28. The van der Waals surface area contributed by atoms with Crippen molar-refractivity contribution in [3.8, 4) is 11.5 Å². The van der Waals surface area contributed by atoms with Gasteiger partial charge in [0.25, 0.3) is 0 Å². The molecule has 3 nitrogen and oxygen atoms in total. The Morgan fingerprint density at radius 2 is 2.05 bits per heavy atom. The highest BCUT2D eigenvalue weighted by molar-refractivity contribution is 9.10. The lowest BCUT2D eigenvalue weighted by atomic mass is 10.3. The summed E-state index contributed by atoms with van der Waals surface area (Å²) in [6, 6.07) is 8.21. The zero-order valence-corrected chi connectivity index (χ0v) is 12.8. The fourth-order valence-corrected chi connectivity index (χ4v) is 2.04. The first-order valence-corrected chi connectivity index (χ1v) is 7.27. The van der Waals surface area contributed by atoms with Crippen LogP contribution in [-0.2, 0) is 6.54 Å². The Labute approximate surface area is 126 Å². The van der Waals surface area contributed by atoms with E-state index < -0.39 is 0 Å². The van der Waals surface area contributed by atoms with E-state index in [4.69, 9.17) is 4.74 Å². The Kier molecular flexibility index (Phi) is 5.49. The van der Waals surface area contributed by atoms with Crippen molar-refractivity contribution in [3.05, 3.63) is 52.5 Å². The van der Waals surface area contributed by atoms with Crippen LogP contribution in [0.3, 0.4) is 0 Å². The van der Waals surface area contributed by atoms with Gasteiger partial charge in [-0.3, -0.25) is 4.98 Å². The van der Waals surface area contributed by atoms with Crippen LogP contribution in [0.15, 0.2) is 41.0 Å². The van der Waals surface area contributed by atoms with E-state index >= 15 is 0 Å². The molecule has 0 radical (unpaired) electrons. The number of pyridine rings is 1. The van der Waals surface area contributed by atoms with Gasteiger partial charge in [-0.05, 0) is 53.2 Å². The maximum absolute atomic E-state index is 13.2. The Balaban J connectivity index is 2.05. The topological polar surface area (TPSA) is 34.1 Å². The Morgan fingerprint density at radius 3 is 2.80 bits per heavy atom. The molecule has 0 spiro atoms. The minimum absolute atomic E-state index is 0.309. The summed E-state index contributed by atoms with van der Waals surface area (Å²) in [5.41, 5.74) is 0.914. The van der Waals surface area contributed by atoms with E-state index in [0.717, 1.165) is 18.7 Å². The molecule has 5 heteroatoms. The summed E-state index contributed by atoms with van der Waals surface area (Å²) < 4.78 is 19.2. The molecule has 0 bridgehead atoms. The SMILES string of the molecule is CCCNCc1cc(Oc2ccc(F)c(Br)c2)ccn1. The van der Waals surface area contributed by atoms with E-state index in [2.05, 4.69) is 33.2 Å². The van der Waals surface area contributed by atoms with Crippen LogP contribution in [0.2, 0.25) is 0 Å². The second kappa shape index (κ2) is 7.36. The Morgan fingerprint density at radius 1 is 1.25 bits per heavy atom. The molecule has 2 rings (SSSR count). The van der Waals surface area contributed by atoms with Crippen molar-refractivity contribution < 1.29 is 9.13 Å². The van der Waals surface area contributed by atoms with Gasteiger partial charge in [0.05, 0.1) is 10.2 Å². The molecule has 1 aromatic carbocycles. The molecular weight excluding hydrogens is 323 g/mol. The van der Waals surface area contributed by atoms with E-state index in [1.54, 1.807) is 24.4 Å². The van der Waals surface area contributed by atoms with Gasteiger partial charge in [-0.2, -0.15) is 0 Å². The molecular formula is C15H16BrFN2O. The first-order chi connectivity index (χ1) is 9.69. The number of hydrogen-bond acceptors (Lipinski definition) is 3. The van der Waals surface area contributed by atoms with Crippen LogP contribution in [0.25, 0.3) is 0 Å². The van der Waals surface area contributed by atoms with Crippen LogP contribution < -0.4 is 10.1 Å². The van der Waals surface area contributed by atoms with Crippen molar-refractivity contribution in [3.63, 3.8) is 0 Å². The fourth-order valence-electron chi connectivity index (χ4n) is 1.69. The van der Waals surface area contributed by atoms with Gasteiger partial charge in [-0.25, -0.2) is 4.39 Å². The van der Waals surface area contributed by atoms with Gasteiger partial charge < -0.3 is 10.1 Å². The van der Waals surface area contributed by atoms with Crippen LogP contribution in [0.4, 0.5) is 4.39 Å². The molecule has 0 amide bonds. The van der Waals surface area contributed by atoms with E-state index in [-0.39, 0.29) is 5.82 Å². The van der Waals surface area contributed by atoms with Crippen molar-refractivity contribution in [2.45, 2.75) is 19.9 Å². The molecule has 1 N–H and O–H groups in total. The van der Waals surface area contributed by atoms with Gasteiger partial charge in [-0.15, -0.1) is 0 Å². The molecule has 0 aliphatic heterocycles. The van der Waals surface area contributed by atoms with Crippen molar-refractivity contribution in [2.24, 2.45) is 0 Å². The minimum Gasteiger partial charge on any atom is -0.457 e. The molecule has 0 unspecified atom stereocenters.